The minimum absolute atomic E-state index is 0.924. The summed E-state index contributed by atoms with van der Waals surface area (Å²) in [5, 5.41) is 0. The molecule has 80 valence electrons. The molecule has 0 radical (unpaired) electrons. The minimum Gasteiger partial charge on any atom is -0.331 e. The Balaban J connectivity index is 5.04. The maximum atomic E-state index is 2.62. The highest BCUT2D eigenvalue weighted by Gasteiger charge is 2.51. The van der Waals surface area contributed by atoms with Crippen LogP contribution in [0, 0.1) is 0 Å². The lowest BCUT2D eigenvalue weighted by molar-refractivity contribution is 0.637. The molecule has 0 fully saturated rings. The van der Waals surface area contributed by atoms with Gasteiger partial charge in [0.1, 0.15) is 7.75 Å². The van der Waals surface area contributed by atoms with Gasteiger partial charge in [-0.05, 0) is 14.1 Å². The van der Waals surface area contributed by atoms with Gasteiger partial charge in [-0.1, -0.05) is 45.8 Å². The van der Waals surface area contributed by atoms with Crippen molar-refractivity contribution in [3.8, 4) is 0 Å². The van der Waals surface area contributed by atoms with E-state index in [1.165, 1.54) is 0 Å². The van der Waals surface area contributed by atoms with E-state index in [0.29, 0.717) is 0 Å². The molecule has 0 aromatic rings. The molecule has 1 nitrogen and oxygen atoms in total. The molecule has 0 bridgehead atoms. The van der Waals surface area contributed by atoms with Gasteiger partial charge in [0.25, 0.3) is 0 Å². The molecule has 0 heterocycles. The first kappa shape index (κ1) is 13.6. The number of hydrogen-bond acceptors (Lipinski definition) is 1. The molecular weight excluding hydrogens is 206 g/mol. The summed E-state index contributed by atoms with van der Waals surface area (Å²) in [6, 6.07) is 0. The van der Waals surface area contributed by atoms with Gasteiger partial charge in [-0.15, -0.1) is 0 Å². The van der Waals surface area contributed by atoms with Crippen molar-refractivity contribution in [3.05, 3.63) is 0 Å². The summed E-state index contributed by atoms with van der Waals surface area (Å²) in [6.45, 7) is 18.0. The highest BCUT2D eigenvalue weighted by atomic mass is 29.6. The largest absolute Gasteiger partial charge is 0.331 e. The van der Waals surface area contributed by atoms with Crippen molar-refractivity contribution in [2.45, 2.75) is 45.8 Å². The van der Waals surface area contributed by atoms with Crippen LogP contribution in [-0.2, 0) is 0 Å². The van der Waals surface area contributed by atoms with Crippen LogP contribution in [0.4, 0.5) is 0 Å². The van der Waals surface area contributed by atoms with Crippen LogP contribution < -0.4 is 0 Å². The van der Waals surface area contributed by atoms with E-state index < -0.39 is 22.5 Å². The van der Waals surface area contributed by atoms with E-state index >= 15 is 0 Å². The van der Waals surface area contributed by atoms with Gasteiger partial charge in [-0.2, -0.15) is 0 Å². The monoisotopic (exact) mass is 233 g/mol. The Hall–Kier alpha value is 0.611. The Labute approximate surface area is 87.2 Å². The maximum absolute atomic E-state index is 2.62. The first-order valence-corrected chi connectivity index (χ1v) is 16.6. The molecule has 0 atom stereocenters. The molecule has 0 amide bonds. The molecule has 13 heavy (non-hydrogen) atoms. The summed E-state index contributed by atoms with van der Waals surface area (Å²) in [4.78, 5) is 0. The highest BCUT2D eigenvalue weighted by Crippen LogP contribution is 2.29. The van der Waals surface area contributed by atoms with Crippen LogP contribution in [0.5, 0.6) is 0 Å². The summed E-state index contributed by atoms with van der Waals surface area (Å²) < 4.78 is 2.55. The third-order valence-electron chi connectivity index (χ3n) is 4.52. The van der Waals surface area contributed by atoms with Gasteiger partial charge in [0.2, 0.25) is 0 Å². The van der Waals surface area contributed by atoms with Crippen LogP contribution >= 0.6 is 0 Å². The average Bonchev–Trinajstić information content (AvgIpc) is 1.84. The normalized spacial score (nSPS) is 15.2. The van der Waals surface area contributed by atoms with Gasteiger partial charge >= 0.3 is 0 Å². The number of nitrogens with zero attached hydrogens (tertiary/aromatic N) is 1. The minimum atomic E-state index is -1.11. The van der Waals surface area contributed by atoms with E-state index in [4.69, 9.17) is 0 Å². The second kappa shape index (κ2) is 3.64. The third kappa shape index (κ3) is 2.34. The molecule has 0 aliphatic carbocycles. The summed E-state index contributed by atoms with van der Waals surface area (Å²) in [6.07, 6.45) is 0. The van der Waals surface area contributed by atoms with Crippen molar-refractivity contribution in [2.75, 3.05) is 14.1 Å². The molecule has 0 aromatic heterocycles. The van der Waals surface area contributed by atoms with E-state index in [1.54, 1.807) is 0 Å². The van der Waals surface area contributed by atoms with E-state index in [2.05, 4.69) is 64.5 Å². The predicted molar refractivity (Wildman–Crippen MR) is 72.0 cm³/mol. The third-order valence-corrected chi connectivity index (χ3v) is 47.6. The zero-order chi connectivity index (χ0) is 11.1. The van der Waals surface area contributed by atoms with Crippen molar-refractivity contribution in [2.24, 2.45) is 0 Å². The lowest BCUT2D eigenvalue weighted by Gasteiger charge is -2.50. The van der Waals surface area contributed by atoms with Gasteiger partial charge < -0.3 is 4.57 Å². The molecule has 0 aromatic carbocycles. The summed E-state index contributed by atoms with van der Waals surface area (Å²) in [5.41, 5.74) is 0. The molecule has 4 heteroatoms. The van der Waals surface area contributed by atoms with Crippen molar-refractivity contribution < 1.29 is 0 Å². The van der Waals surface area contributed by atoms with Crippen LogP contribution in [0.2, 0.25) is 45.8 Å². The van der Waals surface area contributed by atoms with Crippen LogP contribution in [0.3, 0.4) is 0 Å². The fourth-order valence-electron chi connectivity index (χ4n) is 1.48. The van der Waals surface area contributed by atoms with Crippen molar-refractivity contribution in [3.63, 3.8) is 0 Å². The van der Waals surface area contributed by atoms with Gasteiger partial charge in [-0.3, -0.25) is 0 Å². The fraction of sp³-hybridized carbons (Fsp3) is 1.00. The Morgan fingerprint density at radius 1 is 0.692 bits per heavy atom. The molecule has 0 N–H and O–H groups in total. The second-order valence-corrected chi connectivity index (χ2v) is 35.3. The smallest absolute Gasteiger partial charge is 0.108 e. The number of rotatable bonds is 3. The Morgan fingerprint density at radius 2 is 1.00 bits per heavy atom. The molecule has 0 saturated carbocycles. The van der Waals surface area contributed by atoms with E-state index in [1.807, 2.05) is 0 Å². The molecule has 0 saturated heterocycles. The summed E-state index contributed by atoms with van der Waals surface area (Å²) in [5.74, 6) is 0. The van der Waals surface area contributed by atoms with Gasteiger partial charge in [-0.25, -0.2) is 0 Å². The summed E-state index contributed by atoms with van der Waals surface area (Å²) >= 11 is 0. The lowest BCUT2D eigenvalue weighted by Crippen LogP contribution is -2.74. The van der Waals surface area contributed by atoms with Gasteiger partial charge in [0.05, 0.1) is 7.11 Å². The van der Waals surface area contributed by atoms with E-state index in [0.717, 1.165) is 0 Å². The first-order chi connectivity index (χ1) is 5.44. The first-order valence-electron chi connectivity index (χ1n) is 5.12. The topological polar surface area (TPSA) is 3.24 Å². The SMILES string of the molecule is CN(C)[Si](C)(C)[Si](C)(C)[Si](C)(C)C. The molecule has 0 spiro atoms. The Morgan fingerprint density at radius 3 is 1.08 bits per heavy atom. The zero-order valence-corrected chi connectivity index (χ0v) is 13.9. The molecule has 0 aliphatic heterocycles. The van der Waals surface area contributed by atoms with Crippen molar-refractivity contribution in [1.82, 2.24) is 4.57 Å². The molecule has 0 aliphatic rings. The second-order valence-electron chi connectivity index (χ2n) is 6.33. The van der Waals surface area contributed by atoms with Crippen molar-refractivity contribution >= 4 is 22.5 Å². The zero-order valence-electron chi connectivity index (χ0n) is 10.9. The van der Waals surface area contributed by atoms with Crippen LogP contribution in [-0.4, -0.2) is 41.1 Å². The average molecular weight is 234 g/mol. The van der Waals surface area contributed by atoms with Gasteiger partial charge in [0.15, 0.2) is 0 Å². The lowest BCUT2D eigenvalue weighted by atomic mass is 11.3. The molecular formula is C9H27NSi3. The molecule has 0 rings (SSSR count). The Bertz CT molecular complexity index is 180. The van der Waals surface area contributed by atoms with E-state index in [-0.39, 0.29) is 0 Å². The van der Waals surface area contributed by atoms with E-state index in [9.17, 15) is 0 Å². The standard InChI is InChI=1S/C9H27NSi3/c1-10(2)12(6,7)13(8,9)11(3,4)5/h1-9H3. The van der Waals surface area contributed by atoms with Gasteiger partial charge in [0, 0.05) is 7.59 Å². The highest BCUT2D eigenvalue weighted by molar-refractivity contribution is 7.67. The molecule has 0 unspecified atom stereocenters. The van der Waals surface area contributed by atoms with Crippen LogP contribution in [0.1, 0.15) is 0 Å². The van der Waals surface area contributed by atoms with Crippen LogP contribution in [0.25, 0.3) is 0 Å². The fourth-order valence-corrected chi connectivity index (χ4v) is 31.8. The summed E-state index contributed by atoms with van der Waals surface area (Å²) in [7, 11) is 1.53. The van der Waals surface area contributed by atoms with Crippen molar-refractivity contribution in [1.29, 1.82) is 0 Å². The quantitative estimate of drug-likeness (QED) is 0.678. The maximum Gasteiger partial charge on any atom is 0.108 e. The Kier molecular flexibility index (Phi) is 3.81. The van der Waals surface area contributed by atoms with Crippen LogP contribution in [0.15, 0.2) is 0 Å². The number of hydrogen-bond donors (Lipinski definition) is 0. The predicted octanol–water partition coefficient (Wildman–Crippen LogP) is 2.96.